The van der Waals surface area contributed by atoms with Crippen molar-refractivity contribution in [1.29, 1.82) is 5.26 Å². The first-order chi connectivity index (χ1) is 36.2. The fourth-order valence-electron chi connectivity index (χ4n) is 12.6. The molecular formula is C66H38N6S. The molecule has 2 aliphatic rings. The van der Waals surface area contributed by atoms with Crippen molar-refractivity contribution in [3.05, 3.63) is 259 Å². The summed E-state index contributed by atoms with van der Waals surface area (Å²) in [5.74, 6) is 0. The highest BCUT2D eigenvalue weighted by Crippen LogP contribution is 2.62. The summed E-state index contributed by atoms with van der Waals surface area (Å²) < 4.78 is 7.10. The maximum absolute atomic E-state index is 10.2. The van der Waals surface area contributed by atoms with Crippen LogP contribution >= 0.6 is 11.8 Å². The van der Waals surface area contributed by atoms with Crippen LogP contribution < -0.4 is 0 Å². The summed E-state index contributed by atoms with van der Waals surface area (Å²) in [6, 6.07) is 81.6. The summed E-state index contributed by atoms with van der Waals surface area (Å²) in [7, 11) is 0. The van der Waals surface area contributed by atoms with E-state index in [9.17, 15) is 5.26 Å². The van der Waals surface area contributed by atoms with Gasteiger partial charge in [-0.15, -0.1) is 0 Å². The van der Waals surface area contributed by atoms with E-state index in [4.69, 9.17) is 9.97 Å². The SMILES string of the molecule is N#Cc1ccc2c(c1)c1cc(-c3ccc4c(c3)Sc3ccc(-n5c6ccccc6c6ccccc65)cc3C43c4cccnc4-c4ncccc43)ccc1n2-c1ccc(-n2c3ccccc3c3ccccc32)cc1. The van der Waals surface area contributed by atoms with Crippen molar-refractivity contribution >= 4 is 77.2 Å². The first-order valence-electron chi connectivity index (χ1n) is 24.6. The number of pyridine rings is 2. The zero-order valence-electron chi connectivity index (χ0n) is 39.0. The Bertz CT molecular complexity index is 4590. The van der Waals surface area contributed by atoms with Gasteiger partial charge >= 0.3 is 0 Å². The predicted octanol–water partition coefficient (Wildman–Crippen LogP) is 16.1. The lowest BCUT2D eigenvalue weighted by molar-refractivity contribution is 0.718. The molecule has 0 saturated heterocycles. The third-order valence-corrected chi connectivity index (χ3v) is 16.8. The molecule has 338 valence electrons. The van der Waals surface area contributed by atoms with Crippen LogP contribution in [0, 0.1) is 11.3 Å². The number of fused-ring (bicyclic) bond motifs is 18. The van der Waals surface area contributed by atoms with Gasteiger partial charge < -0.3 is 13.7 Å². The first-order valence-corrected chi connectivity index (χ1v) is 25.4. The molecule has 1 aliphatic heterocycles. The van der Waals surface area contributed by atoms with Gasteiger partial charge in [-0.2, -0.15) is 5.26 Å². The van der Waals surface area contributed by atoms with Gasteiger partial charge in [-0.05, 0) is 149 Å². The lowest BCUT2D eigenvalue weighted by Crippen LogP contribution is -2.32. The Morgan fingerprint density at radius 3 is 1.38 bits per heavy atom. The molecule has 0 unspecified atom stereocenters. The van der Waals surface area contributed by atoms with Crippen LogP contribution in [0.25, 0.3) is 105 Å². The van der Waals surface area contributed by atoms with Gasteiger partial charge in [0.1, 0.15) is 0 Å². The van der Waals surface area contributed by atoms with Gasteiger partial charge in [0.2, 0.25) is 0 Å². The van der Waals surface area contributed by atoms with E-state index in [0.29, 0.717) is 5.56 Å². The second-order valence-corrected chi connectivity index (χ2v) is 20.3. The molecule has 5 aromatic heterocycles. The van der Waals surface area contributed by atoms with Gasteiger partial charge in [-0.1, -0.05) is 115 Å². The number of rotatable bonds is 4. The van der Waals surface area contributed by atoms with Crippen LogP contribution in [0.5, 0.6) is 0 Å². The molecule has 0 saturated carbocycles. The van der Waals surface area contributed by atoms with Crippen LogP contribution in [0.4, 0.5) is 0 Å². The molecule has 0 amide bonds. The van der Waals surface area contributed by atoms with E-state index >= 15 is 0 Å². The lowest BCUT2D eigenvalue weighted by Gasteiger charge is -2.39. The molecule has 9 aromatic carbocycles. The second-order valence-electron chi connectivity index (χ2n) is 19.2. The molecule has 0 radical (unpaired) electrons. The molecule has 1 spiro atoms. The maximum Gasteiger partial charge on any atom is 0.0991 e. The lowest BCUT2D eigenvalue weighted by atomic mass is 9.67. The third kappa shape index (κ3) is 5.47. The molecule has 1 aliphatic carbocycles. The van der Waals surface area contributed by atoms with E-state index in [1.807, 2.05) is 36.3 Å². The molecule has 73 heavy (non-hydrogen) atoms. The summed E-state index contributed by atoms with van der Waals surface area (Å²) in [6.45, 7) is 0. The Morgan fingerprint density at radius 2 is 0.822 bits per heavy atom. The van der Waals surface area contributed by atoms with E-state index in [2.05, 4.69) is 226 Å². The van der Waals surface area contributed by atoms with E-state index in [-0.39, 0.29) is 0 Å². The summed E-state index contributed by atoms with van der Waals surface area (Å²) in [6.07, 6.45) is 3.78. The van der Waals surface area contributed by atoms with Crippen LogP contribution in [0.1, 0.15) is 27.8 Å². The highest BCUT2D eigenvalue weighted by Gasteiger charge is 2.51. The minimum atomic E-state index is -0.668. The van der Waals surface area contributed by atoms with E-state index in [1.54, 1.807) is 0 Å². The standard InChI is InChI=1S/C66H38N6S/c67-39-40-21-30-60-50(35-40)51-36-41(23-31-61(51)71(60)44-26-24-43(25-27-44)70-56-17-5-1-11-46(56)47-12-2-6-18-57(47)70)42-22-29-52-63(37-42)73-62-32-28-45(72-58-19-7-3-13-48(58)49-14-4-8-20-59(49)72)38-55(62)66(52)53-15-9-33-68-64(53)65-54(66)16-10-34-69-65/h1-38H. The smallest absolute Gasteiger partial charge is 0.0991 e. The van der Waals surface area contributed by atoms with Crippen LogP contribution in [-0.4, -0.2) is 23.7 Å². The Labute approximate surface area is 423 Å². The number of nitrogens with zero attached hydrogens (tertiary/aromatic N) is 6. The first kappa shape index (κ1) is 40.3. The number of para-hydroxylation sites is 4. The Kier molecular flexibility index (Phi) is 8.28. The number of aromatic nitrogens is 5. The fraction of sp³-hybridized carbons (Fsp3) is 0.0152. The average molecular weight is 947 g/mol. The summed E-state index contributed by atoms with van der Waals surface area (Å²) >= 11 is 1.84. The van der Waals surface area contributed by atoms with Crippen LogP contribution in [0.2, 0.25) is 0 Å². The van der Waals surface area contributed by atoms with Gasteiger partial charge in [0.15, 0.2) is 0 Å². The van der Waals surface area contributed by atoms with Crippen molar-refractivity contribution in [3.63, 3.8) is 0 Å². The third-order valence-electron chi connectivity index (χ3n) is 15.6. The number of benzene rings is 9. The molecule has 6 nitrogen and oxygen atoms in total. The van der Waals surface area contributed by atoms with Crippen molar-refractivity contribution in [1.82, 2.24) is 23.7 Å². The van der Waals surface area contributed by atoms with E-state index < -0.39 is 5.41 Å². The van der Waals surface area contributed by atoms with Crippen LogP contribution in [0.15, 0.2) is 241 Å². The van der Waals surface area contributed by atoms with Crippen molar-refractivity contribution in [2.24, 2.45) is 0 Å². The van der Waals surface area contributed by atoms with Gasteiger partial charge in [-0.3, -0.25) is 9.97 Å². The van der Waals surface area contributed by atoms with Crippen molar-refractivity contribution < 1.29 is 0 Å². The summed E-state index contributed by atoms with van der Waals surface area (Å²) in [4.78, 5) is 12.5. The molecule has 0 N–H and O–H groups in total. The van der Waals surface area contributed by atoms with Crippen LogP contribution in [-0.2, 0) is 5.41 Å². The number of nitriles is 1. The second kappa shape index (κ2) is 15.0. The zero-order valence-corrected chi connectivity index (χ0v) is 39.8. The predicted molar refractivity (Wildman–Crippen MR) is 297 cm³/mol. The number of hydrogen-bond donors (Lipinski definition) is 0. The molecule has 0 atom stereocenters. The molecular weight excluding hydrogens is 909 g/mol. The molecule has 14 aromatic rings. The molecule has 0 bridgehead atoms. The minimum absolute atomic E-state index is 0.634. The highest BCUT2D eigenvalue weighted by molar-refractivity contribution is 7.99. The van der Waals surface area contributed by atoms with Gasteiger partial charge in [0.05, 0.1) is 61.5 Å². The quantitative estimate of drug-likeness (QED) is 0.176. The van der Waals surface area contributed by atoms with Crippen LogP contribution in [0.3, 0.4) is 0 Å². The Hall–Kier alpha value is -9.48. The molecule has 16 rings (SSSR count). The minimum Gasteiger partial charge on any atom is -0.309 e. The van der Waals surface area contributed by atoms with E-state index in [1.165, 1.54) is 64.5 Å². The van der Waals surface area contributed by atoms with E-state index in [0.717, 1.165) is 72.5 Å². The van der Waals surface area contributed by atoms with Gasteiger partial charge in [0, 0.05) is 71.6 Å². The van der Waals surface area contributed by atoms with Crippen molar-refractivity contribution in [2.45, 2.75) is 15.2 Å². The Morgan fingerprint density at radius 1 is 0.356 bits per heavy atom. The Balaban J connectivity index is 0.858. The maximum atomic E-state index is 10.2. The van der Waals surface area contributed by atoms with Crippen molar-refractivity contribution in [2.75, 3.05) is 0 Å². The fourth-order valence-corrected chi connectivity index (χ4v) is 13.8. The summed E-state index contributed by atoms with van der Waals surface area (Å²) in [5, 5.41) is 17.3. The zero-order chi connectivity index (χ0) is 47.9. The average Bonchev–Trinajstić information content (AvgIpc) is 4.19. The largest absolute Gasteiger partial charge is 0.309 e. The number of hydrogen-bond acceptors (Lipinski definition) is 4. The molecule has 6 heterocycles. The van der Waals surface area contributed by atoms with Gasteiger partial charge in [-0.25, -0.2) is 0 Å². The topological polar surface area (TPSA) is 64.4 Å². The highest BCUT2D eigenvalue weighted by atomic mass is 32.2. The van der Waals surface area contributed by atoms with Gasteiger partial charge in [0.25, 0.3) is 0 Å². The molecule has 0 fully saturated rings. The molecule has 7 heteroatoms. The monoisotopic (exact) mass is 946 g/mol. The normalized spacial score (nSPS) is 13.2. The van der Waals surface area contributed by atoms with Crippen molar-refractivity contribution in [3.8, 4) is 45.6 Å². The summed E-state index contributed by atoms with van der Waals surface area (Å²) in [5.41, 5.74) is 18.9.